The lowest BCUT2D eigenvalue weighted by molar-refractivity contribution is 0.0782. The Kier molecular flexibility index (Phi) is 5.36. The van der Waals surface area contributed by atoms with Crippen molar-refractivity contribution in [3.63, 3.8) is 0 Å². The van der Waals surface area contributed by atoms with Crippen LogP contribution >= 0.6 is 11.3 Å². The molecule has 2 heterocycles. The van der Waals surface area contributed by atoms with Gasteiger partial charge in [0.25, 0.3) is 11.8 Å². The molecule has 29 heavy (non-hydrogen) atoms. The Morgan fingerprint density at radius 1 is 1.14 bits per heavy atom. The molecule has 0 atom stereocenters. The van der Waals surface area contributed by atoms with Gasteiger partial charge in [-0.2, -0.15) is 0 Å². The molecule has 0 bridgehead atoms. The average Bonchev–Trinajstić information content (AvgIpc) is 3.04. The van der Waals surface area contributed by atoms with Crippen LogP contribution in [0.3, 0.4) is 0 Å². The molecule has 0 radical (unpaired) electrons. The van der Waals surface area contributed by atoms with E-state index in [-0.39, 0.29) is 22.6 Å². The van der Waals surface area contributed by atoms with Gasteiger partial charge < -0.3 is 21.9 Å². The highest BCUT2D eigenvalue weighted by molar-refractivity contribution is 7.19. The number of hydrogen-bond donors (Lipinski definition) is 4. The molecule has 6 N–H and O–H groups in total. The molecule has 0 saturated carbocycles. The van der Waals surface area contributed by atoms with Crippen LogP contribution in [0.25, 0.3) is 10.4 Å². The summed E-state index contributed by atoms with van der Waals surface area (Å²) in [6.45, 7) is 3.13. The summed E-state index contributed by atoms with van der Waals surface area (Å²) in [5, 5.41) is 13.3. The largest absolute Gasteiger partial charge is 0.386 e. The number of nitrogens with zero attached hydrogens (tertiary/aromatic N) is 1. The summed E-state index contributed by atoms with van der Waals surface area (Å²) < 4.78 is 14.7. The Balaban J connectivity index is 2.01. The zero-order valence-electron chi connectivity index (χ0n) is 15.7. The van der Waals surface area contributed by atoms with E-state index in [9.17, 15) is 19.1 Å². The Morgan fingerprint density at radius 2 is 1.86 bits per heavy atom. The van der Waals surface area contributed by atoms with Crippen molar-refractivity contribution in [2.24, 2.45) is 11.5 Å². The van der Waals surface area contributed by atoms with Crippen LogP contribution in [-0.4, -0.2) is 21.9 Å². The van der Waals surface area contributed by atoms with Crippen LogP contribution in [-0.2, 0) is 5.60 Å². The molecule has 3 aromatic rings. The summed E-state index contributed by atoms with van der Waals surface area (Å²) in [6, 6.07) is 10.5. The van der Waals surface area contributed by atoms with Gasteiger partial charge in [-0.15, -0.1) is 11.3 Å². The molecule has 7 nitrogen and oxygen atoms in total. The van der Waals surface area contributed by atoms with Crippen molar-refractivity contribution in [3.05, 3.63) is 65.1 Å². The van der Waals surface area contributed by atoms with Gasteiger partial charge >= 0.3 is 0 Å². The number of nitrogens with two attached hydrogens (primary N) is 2. The molecule has 0 aliphatic heterocycles. The van der Waals surface area contributed by atoms with Crippen molar-refractivity contribution in [3.8, 4) is 10.4 Å². The maximum absolute atomic E-state index is 14.7. The fourth-order valence-electron chi connectivity index (χ4n) is 2.65. The second-order valence-electron chi connectivity index (χ2n) is 6.87. The fraction of sp³-hybridized carbons (Fsp3) is 0.150. The van der Waals surface area contributed by atoms with Crippen LogP contribution in [0.15, 0.2) is 42.5 Å². The normalized spacial score (nSPS) is 11.3. The van der Waals surface area contributed by atoms with Gasteiger partial charge in [0.05, 0.1) is 11.2 Å². The van der Waals surface area contributed by atoms with E-state index < -0.39 is 23.2 Å². The zero-order valence-corrected chi connectivity index (χ0v) is 16.5. The first-order valence-corrected chi connectivity index (χ1v) is 9.38. The summed E-state index contributed by atoms with van der Waals surface area (Å²) in [6.07, 6.45) is 0. The molecule has 0 aliphatic rings. The smallest absolute Gasteiger partial charge is 0.267 e. The number of amides is 2. The van der Waals surface area contributed by atoms with E-state index in [0.717, 1.165) is 11.3 Å². The molecule has 1 aromatic carbocycles. The number of nitrogens with one attached hydrogen (secondary N) is 1. The van der Waals surface area contributed by atoms with Gasteiger partial charge in [0, 0.05) is 10.4 Å². The molecule has 0 aliphatic carbocycles. The van der Waals surface area contributed by atoms with E-state index >= 15 is 0 Å². The summed E-state index contributed by atoms with van der Waals surface area (Å²) in [5.74, 6) is -1.64. The van der Waals surface area contributed by atoms with E-state index in [1.165, 1.54) is 24.3 Å². The lowest BCUT2D eigenvalue weighted by atomic mass is 9.96. The van der Waals surface area contributed by atoms with Crippen molar-refractivity contribution >= 4 is 34.0 Å². The van der Waals surface area contributed by atoms with Crippen molar-refractivity contribution in [2.45, 2.75) is 19.4 Å². The number of aromatic nitrogens is 1. The van der Waals surface area contributed by atoms with Crippen LogP contribution in [0, 0.1) is 5.82 Å². The van der Waals surface area contributed by atoms with Crippen molar-refractivity contribution in [1.82, 2.24) is 4.98 Å². The molecule has 2 aromatic heterocycles. The minimum Gasteiger partial charge on any atom is -0.386 e. The molecular weight excluding hydrogens is 395 g/mol. The number of thiophene rings is 1. The Bertz CT molecular complexity index is 1110. The fourth-order valence-corrected chi connectivity index (χ4v) is 3.75. The summed E-state index contributed by atoms with van der Waals surface area (Å²) in [5.41, 5.74) is 10.4. The number of anilines is 2. The number of aliphatic hydroxyl groups is 1. The van der Waals surface area contributed by atoms with Gasteiger partial charge in [0.1, 0.15) is 22.3 Å². The third-order valence-corrected chi connectivity index (χ3v) is 5.27. The molecular formula is C20H19FN4O3S. The Morgan fingerprint density at radius 3 is 2.45 bits per heavy atom. The second kappa shape index (κ2) is 7.61. The molecule has 0 fully saturated rings. The molecule has 0 spiro atoms. The van der Waals surface area contributed by atoms with Gasteiger partial charge in [-0.1, -0.05) is 18.2 Å². The average molecular weight is 414 g/mol. The van der Waals surface area contributed by atoms with Gasteiger partial charge in [-0.3, -0.25) is 9.59 Å². The first-order valence-electron chi connectivity index (χ1n) is 8.56. The SMILES string of the molecule is CC(C)(O)c1ccc(-c2cc(C(N)=O)c(Nc3cccc(C(N)=O)n3)s2)c(F)c1. The maximum Gasteiger partial charge on any atom is 0.267 e. The van der Waals surface area contributed by atoms with Crippen LogP contribution in [0.2, 0.25) is 0 Å². The number of carbonyl (C=O) groups excluding carboxylic acids is 2. The standard InChI is InChI=1S/C20H19FN4O3S/c1-20(2,28)10-6-7-11(13(21)8-10)15-9-12(17(22)26)19(29-15)25-16-5-3-4-14(24-16)18(23)27/h3-9,28H,1-2H3,(H2,22,26)(H2,23,27)(H,24,25). The number of primary amides is 2. The number of halogens is 1. The van der Waals surface area contributed by atoms with E-state index in [1.54, 1.807) is 32.0 Å². The van der Waals surface area contributed by atoms with E-state index in [4.69, 9.17) is 11.5 Å². The molecule has 2 amide bonds. The highest BCUT2D eigenvalue weighted by atomic mass is 32.1. The van der Waals surface area contributed by atoms with Crippen molar-refractivity contribution < 1.29 is 19.1 Å². The first-order chi connectivity index (χ1) is 13.6. The highest BCUT2D eigenvalue weighted by Crippen LogP contribution is 2.38. The Labute approximate surface area is 170 Å². The minimum atomic E-state index is -1.18. The zero-order chi connectivity index (χ0) is 21.3. The van der Waals surface area contributed by atoms with Crippen LogP contribution in [0.4, 0.5) is 15.2 Å². The van der Waals surface area contributed by atoms with E-state index in [0.29, 0.717) is 15.4 Å². The van der Waals surface area contributed by atoms with Crippen LogP contribution in [0.1, 0.15) is 40.3 Å². The summed E-state index contributed by atoms with van der Waals surface area (Å²) in [4.78, 5) is 27.7. The molecule has 150 valence electrons. The monoisotopic (exact) mass is 414 g/mol. The molecule has 9 heteroatoms. The number of benzene rings is 1. The Hall–Kier alpha value is -3.30. The highest BCUT2D eigenvalue weighted by Gasteiger charge is 2.21. The lowest BCUT2D eigenvalue weighted by Crippen LogP contribution is -2.15. The van der Waals surface area contributed by atoms with Crippen LogP contribution in [0.5, 0.6) is 0 Å². The quantitative estimate of drug-likeness (QED) is 0.492. The third kappa shape index (κ3) is 4.41. The number of carbonyl (C=O) groups is 2. The first kappa shape index (κ1) is 20.4. The predicted octanol–water partition coefficient (Wildman–Crippen LogP) is 3.12. The minimum absolute atomic E-state index is 0.0562. The number of pyridine rings is 1. The summed E-state index contributed by atoms with van der Waals surface area (Å²) in [7, 11) is 0. The van der Waals surface area contributed by atoms with Crippen molar-refractivity contribution in [1.29, 1.82) is 0 Å². The van der Waals surface area contributed by atoms with Gasteiger partial charge in [-0.25, -0.2) is 9.37 Å². The molecule has 0 saturated heterocycles. The third-order valence-electron chi connectivity index (χ3n) is 4.18. The number of rotatable bonds is 6. The lowest BCUT2D eigenvalue weighted by Gasteiger charge is -2.18. The van der Waals surface area contributed by atoms with Crippen LogP contribution < -0.4 is 16.8 Å². The van der Waals surface area contributed by atoms with Gasteiger partial charge in [0.2, 0.25) is 0 Å². The maximum atomic E-state index is 14.7. The molecule has 0 unspecified atom stereocenters. The predicted molar refractivity (Wildman–Crippen MR) is 110 cm³/mol. The molecule has 3 rings (SSSR count). The topological polar surface area (TPSA) is 131 Å². The van der Waals surface area contributed by atoms with Crippen molar-refractivity contribution in [2.75, 3.05) is 5.32 Å². The summed E-state index contributed by atoms with van der Waals surface area (Å²) >= 11 is 1.11. The van der Waals surface area contributed by atoms with Gasteiger partial charge in [-0.05, 0) is 43.7 Å². The van der Waals surface area contributed by atoms with E-state index in [1.807, 2.05) is 0 Å². The van der Waals surface area contributed by atoms with Gasteiger partial charge in [0.15, 0.2) is 0 Å². The van der Waals surface area contributed by atoms with E-state index in [2.05, 4.69) is 10.3 Å². The second-order valence-corrected chi connectivity index (χ2v) is 7.92. The number of hydrogen-bond acceptors (Lipinski definition) is 6.